The summed E-state index contributed by atoms with van der Waals surface area (Å²) in [5.74, 6) is 0.343. The Morgan fingerprint density at radius 2 is 2.08 bits per heavy atom. The quantitative estimate of drug-likeness (QED) is 0.919. The lowest BCUT2D eigenvalue weighted by Crippen LogP contribution is -2.48. The van der Waals surface area contributed by atoms with Crippen LogP contribution in [0.1, 0.15) is 30.4 Å². The van der Waals surface area contributed by atoms with Crippen LogP contribution in [-0.2, 0) is 22.4 Å². The van der Waals surface area contributed by atoms with Crippen LogP contribution in [0.15, 0.2) is 18.2 Å². The number of hydrogen-bond donors (Lipinski definition) is 1. The maximum Gasteiger partial charge on any atom is 0.238 e. The van der Waals surface area contributed by atoms with Gasteiger partial charge in [-0.3, -0.25) is 14.5 Å². The topological polar surface area (TPSA) is 52.6 Å². The first-order valence-electron chi connectivity index (χ1n) is 9.02. The average Bonchev–Trinajstić information content (AvgIpc) is 3.13. The van der Waals surface area contributed by atoms with Crippen molar-refractivity contribution in [3.63, 3.8) is 0 Å². The van der Waals surface area contributed by atoms with E-state index in [0.717, 1.165) is 44.5 Å². The molecule has 24 heavy (non-hydrogen) atoms. The van der Waals surface area contributed by atoms with E-state index >= 15 is 0 Å². The molecule has 0 saturated carbocycles. The van der Waals surface area contributed by atoms with Crippen molar-refractivity contribution >= 4 is 17.5 Å². The number of piperidine rings is 1. The fraction of sp³-hybridized carbons (Fsp3) is 0.579. The lowest BCUT2D eigenvalue weighted by Gasteiger charge is -2.35. The molecule has 128 valence electrons. The summed E-state index contributed by atoms with van der Waals surface area (Å²) in [6.07, 6.45) is 5.43. The van der Waals surface area contributed by atoms with Crippen LogP contribution in [0, 0.1) is 5.92 Å². The Kier molecular flexibility index (Phi) is 4.04. The Hall–Kier alpha value is -1.88. The van der Waals surface area contributed by atoms with E-state index in [9.17, 15) is 9.59 Å². The van der Waals surface area contributed by atoms with Crippen molar-refractivity contribution < 1.29 is 9.59 Å². The predicted octanol–water partition coefficient (Wildman–Crippen LogP) is 1.67. The number of fused-ring (bicyclic) bond motifs is 2. The molecular formula is C19H25N3O2. The molecule has 1 N–H and O–H groups in total. The fourth-order valence-corrected chi connectivity index (χ4v) is 4.54. The summed E-state index contributed by atoms with van der Waals surface area (Å²) in [7, 11) is 1.86. The van der Waals surface area contributed by atoms with Gasteiger partial charge in [-0.2, -0.15) is 0 Å². The molecule has 5 nitrogen and oxygen atoms in total. The van der Waals surface area contributed by atoms with Crippen LogP contribution in [0.4, 0.5) is 5.69 Å². The molecule has 2 atom stereocenters. The smallest absolute Gasteiger partial charge is 0.238 e. The summed E-state index contributed by atoms with van der Waals surface area (Å²) in [4.78, 5) is 28.7. The number of rotatable bonds is 3. The monoisotopic (exact) mass is 327 g/mol. The second-order valence-electron chi connectivity index (χ2n) is 7.39. The van der Waals surface area contributed by atoms with E-state index in [1.165, 1.54) is 17.5 Å². The number of carbonyl (C=O) groups excluding carboxylic acids is 2. The van der Waals surface area contributed by atoms with Gasteiger partial charge < -0.3 is 10.2 Å². The fourth-order valence-electron chi connectivity index (χ4n) is 4.54. The number of benzene rings is 1. The van der Waals surface area contributed by atoms with Crippen molar-refractivity contribution in [3.8, 4) is 0 Å². The first kappa shape index (κ1) is 15.6. The highest BCUT2D eigenvalue weighted by Gasteiger charge is 2.43. The van der Waals surface area contributed by atoms with Gasteiger partial charge in [0.2, 0.25) is 11.8 Å². The summed E-state index contributed by atoms with van der Waals surface area (Å²) >= 11 is 0. The van der Waals surface area contributed by atoms with E-state index in [0.29, 0.717) is 6.54 Å². The summed E-state index contributed by atoms with van der Waals surface area (Å²) in [5.41, 5.74) is 3.68. The molecule has 0 aromatic heterocycles. The molecule has 1 aliphatic carbocycles. The number of likely N-dealkylation sites (N-methyl/N-ethyl adjacent to an activating group) is 1. The summed E-state index contributed by atoms with van der Waals surface area (Å²) in [6.45, 7) is 2.02. The predicted molar refractivity (Wildman–Crippen MR) is 92.8 cm³/mol. The molecule has 0 bridgehead atoms. The van der Waals surface area contributed by atoms with E-state index in [1.54, 1.807) is 0 Å². The number of anilines is 1. The SMILES string of the molecule is CN1C[C@@H]2[C@@H](CCCN2CC(=O)Nc2ccc3c(c2)CCC3)C1=O. The molecule has 5 heteroatoms. The van der Waals surface area contributed by atoms with Crippen molar-refractivity contribution in [1.82, 2.24) is 9.80 Å². The van der Waals surface area contributed by atoms with Gasteiger partial charge >= 0.3 is 0 Å². The van der Waals surface area contributed by atoms with Crippen LogP contribution >= 0.6 is 0 Å². The largest absolute Gasteiger partial charge is 0.344 e. The molecule has 2 fully saturated rings. The van der Waals surface area contributed by atoms with E-state index < -0.39 is 0 Å². The van der Waals surface area contributed by atoms with E-state index in [-0.39, 0.29) is 23.8 Å². The Labute approximate surface area is 143 Å². The van der Waals surface area contributed by atoms with E-state index in [4.69, 9.17) is 0 Å². The molecule has 0 radical (unpaired) electrons. The van der Waals surface area contributed by atoms with Gasteiger partial charge in [0.1, 0.15) is 0 Å². The number of hydrogen-bond acceptors (Lipinski definition) is 3. The molecule has 4 rings (SSSR count). The van der Waals surface area contributed by atoms with Crippen LogP contribution < -0.4 is 5.32 Å². The van der Waals surface area contributed by atoms with Crippen molar-refractivity contribution in [2.75, 3.05) is 32.0 Å². The van der Waals surface area contributed by atoms with Gasteiger partial charge in [-0.05, 0) is 61.9 Å². The van der Waals surface area contributed by atoms with Gasteiger partial charge in [0.15, 0.2) is 0 Å². The maximum atomic E-state index is 12.5. The van der Waals surface area contributed by atoms with Gasteiger partial charge in [0, 0.05) is 25.3 Å². The van der Waals surface area contributed by atoms with Crippen LogP contribution in [-0.4, -0.2) is 54.3 Å². The summed E-state index contributed by atoms with van der Waals surface area (Å²) in [6, 6.07) is 6.46. The Morgan fingerprint density at radius 3 is 2.96 bits per heavy atom. The first-order chi connectivity index (χ1) is 11.6. The molecule has 2 amide bonds. The molecular weight excluding hydrogens is 302 g/mol. The number of nitrogens with zero attached hydrogens (tertiary/aromatic N) is 2. The second kappa shape index (κ2) is 6.20. The molecule has 2 saturated heterocycles. The van der Waals surface area contributed by atoms with E-state index in [1.807, 2.05) is 18.0 Å². The standard InChI is InChI=1S/C19H25N3O2/c1-21-11-17-16(19(21)24)6-3-9-22(17)12-18(23)20-15-8-7-13-4-2-5-14(13)10-15/h7-8,10,16-17H,2-6,9,11-12H2,1H3,(H,20,23)/t16-,17-/m1/s1. The van der Waals surface area contributed by atoms with Gasteiger partial charge in [0.25, 0.3) is 0 Å². The Bertz CT molecular complexity index is 673. The molecule has 0 spiro atoms. The first-order valence-corrected chi connectivity index (χ1v) is 9.02. The van der Waals surface area contributed by atoms with Gasteiger partial charge in [-0.25, -0.2) is 0 Å². The molecule has 1 aromatic carbocycles. The zero-order chi connectivity index (χ0) is 16.7. The highest BCUT2D eigenvalue weighted by molar-refractivity contribution is 5.92. The van der Waals surface area contributed by atoms with Crippen LogP contribution in [0.3, 0.4) is 0 Å². The zero-order valence-electron chi connectivity index (χ0n) is 14.3. The van der Waals surface area contributed by atoms with Crippen molar-refractivity contribution in [2.45, 2.75) is 38.1 Å². The number of aryl methyl sites for hydroxylation is 2. The maximum absolute atomic E-state index is 12.5. The molecule has 1 aromatic rings. The minimum Gasteiger partial charge on any atom is -0.344 e. The summed E-state index contributed by atoms with van der Waals surface area (Å²) < 4.78 is 0. The number of amides is 2. The third-order valence-corrected chi connectivity index (χ3v) is 5.78. The van der Waals surface area contributed by atoms with Crippen LogP contribution in [0.2, 0.25) is 0 Å². The number of nitrogens with one attached hydrogen (secondary N) is 1. The molecule has 0 unspecified atom stereocenters. The lowest BCUT2D eigenvalue weighted by molar-refractivity contribution is -0.131. The average molecular weight is 327 g/mol. The van der Waals surface area contributed by atoms with Crippen molar-refractivity contribution in [1.29, 1.82) is 0 Å². The highest BCUT2D eigenvalue weighted by atomic mass is 16.2. The second-order valence-corrected chi connectivity index (χ2v) is 7.39. The third kappa shape index (κ3) is 2.81. The zero-order valence-corrected chi connectivity index (χ0v) is 14.3. The van der Waals surface area contributed by atoms with Crippen LogP contribution in [0.25, 0.3) is 0 Å². The third-order valence-electron chi connectivity index (χ3n) is 5.78. The molecule has 2 aliphatic heterocycles. The highest BCUT2D eigenvalue weighted by Crippen LogP contribution is 2.31. The lowest BCUT2D eigenvalue weighted by atomic mass is 9.91. The van der Waals surface area contributed by atoms with Crippen molar-refractivity contribution in [3.05, 3.63) is 29.3 Å². The Morgan fingerprint density at radius 1 is 1.25 bits per heavy atom. The van der Waals surface area contributed by atoms with Crippen LogP contribution in [0.5, 0.6) is 0 Å². The summed E-state index contributed by atoms with van der Waals surface area (Å²) in [5, 5.41) is 3.04. The molecule has 2 heterocycles. The number of likely N-dealkylation sites (tertiary alicyclic amines) is 2. The Balaban J connectivity index is 1.40. The number of carbonyl (C=O) groups is 2. The minimum atomic E-state index is 0.0237. The van der Waals surface area contributed by atoms with Gasteiger partial charge in [0.05, 0.1) is 12.5 Å². The minimum absolute atomic E-state index is 0.0237. The van der Waals surface area contributed by atoms with Gasteiger partial charge in [-0.15, -0.1) is 0 Å². The van der Waals surface area contributed by atoms with Crippen molar-refractivity contribution in [2.24, 2.45) is 5.92 Å². The van der Waals surface area contributed by atoms with Gasteiger partial charge in [-0.1, -0.05) is 6.07 Å². The van der Waals surface area contributed by atoms with E-state index in [2.05, 4.69) is 22.3 Å². The normalized spacial score (nSPS) is 26.4. The molecule has 3 aliphatic rings.